The molecule has 3 heterocycles. The van der Waals surface area contributed by atoms with Crippen molar-refractivity contribution < 1.29 is 8.95 Å². The Labute approximate surface area is 219 Å². The quantitative estimate of drug-likeness (QED) is 0.329. The van der Waals surface area contributed by atoms with Crippen LogP contribution >= 0.6 is 0 Å². The second-order valence-corrected chi connectivity index (χ2v) is 10.9. The van der Waals surface area contributed by atoms with Crippen molar-refractivity contribution in [2.24, 2.45) is 0 Å². The number of anilines is 4. The minimum Gasteiger partial charge on any atom is -0.457 e. The van der Waals surface area contributed by atoms with Crippen LogP contribution in [0.4, 0.5) is 22.7 Å². The van der Waals surface area contributed by atoms with Crippen LogP contribution in [0.2, 0.25) is 0 Å². The summed E-state index contributed by atoms with van der Waals surface area (Å²) in [4.78, 5) is 9.72. The van der Waals surface area contributed by atoms with Gasteiger partial charge in [0.25, 0.3) is 0 Å². The summed E-state index contributed by atoms with van der Waals surface area (Å²) >= 11 is 0. The van der Waals surface area contributed by atoms with Crippen molar-refractivity contribution in [3.05, 3.63) is 108 Å². The van der Waals surface area contributed by atoms with E-state index in [0.717, 1.165) is 50.7 Å². The molecule has 7 heteroatoms. The number of hydrogen-bond acceptors (Lipinski definition) is 6. The first-order valence-electron chi connectivity index (χ1n) is 12.3. The van der Waals surface area contributed by atoms with Crippen molar-refractivity contribution >= 4 is 39.2 Å². The summed E-state index contributed by atoms with van der Waals surface area (Å²) < 4.78 is 19.5. The van der Waals surface area contributed by atoms with E-state index in [1.54, 1.807) is 0 Å². The molecule has 0 N–H and O–H groups in total. The van der Waals surface area contributed by atoms with E-state index in [9.17, 15) is 4.21 Å². The third-order valence-corrected chi connectivity index (χ3v) is 8.73. The van der Waals surface area contributed by atoms with Crippen LogP contribution < -0.4 is 19.4 Å². The van der Waals surface area contributed by atoms with E-state index in [1.165, 1.54) is 11.4 Å². The molecule has 3 aliphatic rings. The Hall–Kier alpha value is -4.23. The summed E-state index contributed by atoms with van der Waals surface area (Å²) in [6.45, 7) is 1.44. The molecule has 7 rings (SSSR count). The van der Waals surface area contributed by atoms with Crippen LogP contribution in [0.1, 0.15) is 5.56 Å². The number of para-hydroxylation sites is 2. The first-order chi connectivity index (χ1) is 18.1. The lowest BCUT2D eigenvalue weighted by Gasteiger charge is -2.24. The van der Waals surface area contributed by atoms with Crippen molar-refractivity contribution in [2.75, 3.05) is 42.1 Å². The Bertz CT molecular complexity index is 1600. The van der Waals surface area contributed by atoms with Crippen molar-refractivity contribution in [1.29, 1.82) is 0 Å². The maximum atomic E-state index is 13.2. The highest BCUT2D eigenvalue weighted by atomic mass is 32.2. The van der Waals surface area contributed by atoms with Crippen molar-refractivity contribution in [3.63, 3.8) is 0 Å². The summed E-state index contributed by atoms with van der Waals surface area (Å²) in [6, 6.07) is 32.8. The molecule has 4 aromatic carbocycles. The summed E-state index contributed by atoms with van der Waals surface area (Å²) in [5.74, 6) is 1.55. The van der Waals surface area contributed by atoms with Gasteiger partial charge in [-0.15, -0.1) is 0 Å². The Balaban J connectivity index is 1.18. The molecule has 6 nitrogen and oxygen atoms in total. The molecular weight excluding hydrogens is 480 g/mol. The molecule has 0 saturated heterocycles. The summed E-state index contributed by atoms with van der Waals surface area (Å²) in [7, 11) is 2.95. The molecule has 37 heavy (non-hydrogen) atoms. The summed E-state index contributed by atoms with van der Waals surface area (Å²) in [5.41, 5.74) is 6.57. The fourth-order valence-corrected chi connectivity index (χ4v) is 6.95. The van der Waals surface area contributed by atoms with Gasteiger partial charge < -0.3 is 24.3 Å². The minimum atomic E-state index is -1.16. The average molecular weight is 507 g/mol. The van der Waals surface area contributed by atoms with Crippen LogP contribution in [0.5, 0.6) is 11.5 Å². The molecule has 0 amide bonds. The van der Waals surface area contributed by atoms with Gasteiger partial charge in [-0.1, -0.05) is 42.5 Å². The normalized spacial score (nSPS) is 17.8. The maximum Gasteiger partial charge on any atom is 0.133 e. The van der Waals surface area contributed by atoms with Crippen LogP contribution in [0.25, 0.3) is 5.70 Å². The topological polar surface area (TPSA) is 39.3 Å². The van der Waals surface area contributed by atoms with E-state index >= 15 is 0 Å². The molecule has 0 aromatic heterocycles. The zero-order chi connectivity index (χ0) is 25.1. The van der Waals surface area contributed by atoms with Crippen LogP contribution in [0, 0.1) is 0 Å². The lowest BCUT2D eigenvalue weighted by molar-refractivity contribution is 0.476. The first-order valence-corrected chi connectivity index (χ1v) is 13.4. The number of hydrogen-bond donors (Lipinski definition) is 0. The number of ether oxygens (including phenoxy) is 1. The summed E-state index contributed by atoms with van der Waals surface area (Å²) in [5, 5.41) is 0.871. The zero-order valence-corrected chi connectivity index (χ0v) is 21.5. The van der Waals surface area contributed by atoms with Gasteiger partial charge in [-0.25, -0.2) is 4.21 Å². The predicted molar refractivity (Wildman–Crippen MR) is 150 cm³/mol. The van der Waals surface area contributed by atoms with Crippen LogP contribution in [-0.4, -0.2) is 36.5 Å². The maximum absolute atomic E-state index is 13.2. The highest BCUT2D eigenvalue weighted by molar-refractivity contribution is 7.89. The third kappa shape index (κ3) is 3.49. The van der Waals surface area contributed by atoms with E-state index in [0.29, 0.717) is 6.67 Å². The molecule has 184 valence electrons. The second-order valence-electron chi connectivity index (χ2n) is 9.54. The molecule has 0 bridgehead atoms. The predicted octanol–water partition coefficient (Wildman–Crippen LogP) is 6.18. The number of benzene rings is 4. The SMILES string of the molecule is CN1CN(c2cccc(Oc3cccc(N4CN(C)c5ccccc54)c3)c2)C2=C1S(=O)c1ccccc12. The third-order valence-electron chi connectivity index (χ3n) is 7.12. The van der Waals surface area contributed by atoms with Gasteiger partial charge in [0.15, 0.2) is 0 Å². The Morgan fingerprint density at radius 2 is 1.30 bits per heavy atom. The zero-order valence-electron chi connectivity index (χ0n) is 20.7. The number of rotatable bonds is 4. The van der Waals surface area contributed by atoms with E-state index in [-0.39, 0.29) is 0 Å². The molecule has 0 saturated carbocycles. The van der Waals surface area contributed by atoms with Crippen molar-refractivity contribution in [3.8, 4) is 11.5 Å². The molecule has 1 atom stereocenters. The molecule has 0 aliphatic carbocycles. The summed E-state index contributed by atoms with van der Waals surface area (Å²) in [6.07, 6.45) is 0. The number of fused-ring (bicyclic) bond motifs is 3. The van der Waals surface area contributed by atoms with Gasteiger partial charge >= 0.3 is 0 Å². The van der Waals surface area contributed by atoms with E-state index in [1.807, 2.05) is 49.5 Å². The van der Waals surface area contributed by atoms with Gasteiger partial charge in [0.2, 0.25) is 0 Å². The minimum absolute atomic E-state index is 0.644. The van der Waals surface area contributed by atoms with Crippen molar-refractivity contribution in [1.82, 2.24) is 4.90 Å². The van der Waals surface area contributed by atoms with Gasteiger partial charge in [-0.3, -0.25) is 0 Å². The molecular formula is C30H26N4O2S. The lowest BCUT2D eigenvalue weighted by atomic mass is 10.1. The Morgan fingerprint density at radius 1 is 0.676 bits per heavy atom. The molecule has 0 fully saturated rings. The highest BCUT2D eigenvalue weighted by Gasteiger charge is 2.39. The molecule has 3 aliphatic heterocycles. The van der Waals surface area contributed by atoms with E-state index < -0.39 is 10.8 Å². The molecule has 1 unspecified atom stereocenters. The number of nitrogens with zero attached hydrogens (tertiary/aromatic N) is 4. The largest absolute Gasteiger partial charge is 0.457 e. The Morgan fingerprint density at radius 3 is 2.05 bits per heavy atom. The Kier molecular flexibility index (Phi) is 5.01. The second kappa shape index (κ2) is 8.42. The van der Waals surface area contributed by atoms with E-state index in [2.05, 4.69) is 81.2 Å². The van der Waals surface area contributed by atoms with Crippen LogP contribution in [-0.2, 0) is 10.8 Å². The van der Waals surface area contributed by atoms with Crippen LogP contribution in [0.3, 0.4) is 0 Å². The van der Waals surface area contributed by atoms with Crippen molar-refractivity contribution in [2.45, 2.75) is 4.90 Å². The van der Waals surface area contributed by atoms with Gasteiger partial charge in [0.1, 0.15) is 27.3 Å². The standard InChI is InChI=1S/C30H26N4O2S/c1-31-19-33(27-15-5-4-14-26(27)31)21-9-7-11-23(17-21)36-24-12-8-10-22(18-24)34-20-32(2)30-29(34)25-13-3-6-16-28(25)37(30)35/h3-18H,19-20H2,1-2H3. The smallest absolute Gasteiger partial charge is 0.133 e. The lowest BCUT2D eigenvalue weighted by Crippen LogP contribution is -2.26. The molecule has 0 spiro atoms. The van der Waals surface area contributed by atoms with E-state index in [4.69, 9.17) is 4.74 Å². The average Bonchev–Trinajstić information content (AvgIpc) is 3.55. The van der Waals surface area contributed by atoms with Crippen LogP contribution in [0.15, 0.2) is 107 Å². The van der Waals surface area contributed by atoms with Gasteiger partial charge in [-0.2, -0.15) is 0 Å². The highest BCUT2D eigenvalue weighted by Crippen LogP contribution is 2.46. The first kappa shape index (κ1) is 22.0. The molecule has 4 aromatic rings. The van der Waals surface area contributed by atoms with Gasteiger partial charge in [0.05, 0.1) is 35.3 Å². The van der Waals surface area contributed by atoms with Gasteiger partial charge in [-0.05, 0) is 42.5 Å². The fourth-order valence-electron chi connectivity index (χ4n) is 5.44. The fraction of sp³-hybridized carbons (Fsp3) is 0.133. The molecule has 0 radical (unpaired) electrons. The monoisotopic (exact) mass is 506 g/mol. The van der Waals surface area contributed by atoms with Gasteiger partial charge in [0, 0.05) is 43.2 Å².